The summed E-state index contributed by atoms with van der Waals surface area (Å²) in [5.41, 5.74) is 6.27. The van der Waals surface area contributed by atoms with E-state index in [-0.39, 0.29) is 5.41 Å². The van der Waals surface area contributed by atoms with Gasteiger partial charge in [0, 0.05) is 6.42 Å². The van der Waals surface area contributed by atoms with E-state index in [9.17, 15) is 4.79 Å². The maximum Gasteiger partial charge on any atom is 0.155 e. The predicted molar refractivity (Wildman–Crippen MR) is 154 cm³/mol. The normalized spacial score (nSPS) is 35.5. The zero-order chi connectivity index (χ0) is 25.6. The summed E-state index contributed by atoms with van der Waals surface area (Å²) >= 11 is 0. The van der Waals surface area contributed by atoms with E-state index in [0.29, 0.717) is 17.1 Å². The van der Waals surface area contributed by atoms with E-state index in [1.807, 2.05) is 0 Å². The van der Waals surface area contributed by atoms with E-state index >= 15 is 0 Å². The molecule has 2 aromatic rings. The number of carbonyl (C=O) groups excluding carboxylic acids is 1. The van der Waals surface area contributed by atoms with Gasteiger partial charge in [-0.25, -0.2) is 0 Å². The van der Waals surface area contributed by atoms with Crippen molar-refractivity contribution in [3.05, 3.63) is 89.5 Å². The lowest BCUT2D eigenvalue weighted by atomic mass is 9.46. The van der Waals surface area contributed by atoms with E-state index in [1.54, 1.807) is 0 Å². The molecule has 0 unspecified atom stereocenters. The van der Waals surface area contributed by atoms with Gasteiger partial charge in [-0.2, -0.15) is 0 Å². The van der Waals surface area contributed by atoms with Crippen LogP contribution in [0.3, 0.4) is 0 Å². The van der Waals surface area contributed by atoms with E-state index in [1.165, 1.54) is 54.4 Å². The van der Waals surface area contributed by atoms with Crippen molar-refractivity contribution in [3.8, 4) is 0 Å². The minimum Gasteiger partial charge on any atom is -0.295 e. The number of benzene rings is 2. The quantitative estimate of drug-likeness (QED) is 0.406. The van der Waals surface area contributed by atoms with Gasteiger partial charge in [0.1, 0.15) is 0 Å². The molecule has 0 saturated heterocycles. The lowest BCUT2D eigenvalue weighted by Crippen LogP contribution is -2.50. The third-order valence-electron chi connectivity index (χ3n) is 11.6. The molecule has 2 aromatic carbocycles. The second-order valence-electron chi connectivity index (χ2n) is 13.3. The molecule has 0 radical (unpaired) electrons. The molecule has 3 saturated carbocycles. The lowest BCUT2D eigenvalue weighted by molar-refractivity contribution is -0.117. The molecule has 3 fully saturated rings. The summed E-state index contributed by atoms with van der Waals surface area (Å²) in [7, 11) is 0. The average molecular weight is 493 g/mol. The van der Waals surface area contributed by atoms with Crippen molar-refractivity contribution >= 4 is 11.4 Å². The van der Waals surface area contributed by atoms with Gasteiger partial charge in [0.25, 0.3) is 0 Å². The Bertz CT molecular complexity index is 1150. The summed E-state index contributed by atoms with van der Waals surface area (Å²) in [6.45, 7) is 7.71. The van der Waals surface area contributed by atoms with E-state index < -0.39 is 0 Å². The fourth-order valence-electron chi connectivity index (χ4n) is 9.64. The highest BCUT2D eigenvalue weighted by Crippen LogP contribution is 2.67. The Morgan fingerprint density at radius 3 is 2.22 bits per heavy atom. The molecule has 7 atom stereocenters. The van der Waals surface area contributed by atoms with Gasteiger partial charge >= 0.3 is 0 Å². The molecule has 194 valence electrons. The summed E-state index contributed by atoms with van der Waals surface area (Å²) in [5.74, 6) is 4.37. The van der Waals surface area contributed by atoms with Crippen molar-refractivity contribution < 1.29 is 4.79 Å². The highest BCUT2D eigenvalue weighted by Gasteiger charge is 2.59. The minimum atomic E-state index is 0.283. The first-order valence-electron chi connectivity index (χ1n) is 14.9. The molecule has 6 rings (SSSR count). The Morgan fingerprint density at radius 1 is 0.865 bits per heavy atom. The van der Waals surface area contributed by atoms with Gasteiger partial charge in [-0.15, -0.1) is 0 Å². The summed E-state index contributed by atoms with van der Waals surface area (Å²) < 4.78 is 0. The Labute approximate surface area is 224 Å². The van der Waals surface area contributed by atoms with Crippen LogP contribution in [0.5, 0.6) is 0 Å². The molecule has 4 aliphatic carbocycles. The third kappa shape index (κ3) is 4.27. The number of carbonyl (C=O) groups is 1. The Balaban J connectivity index is 1.22. The molecular formula is C36H44O. The molecule has 0 aliphatic heterocycles. The maximum absolute atomic E-state index is 12.2. The predicted octanol–water partition coefficient (Wildman–Crippen LogP) is 9.29. The average Bonchev–Trinajstić information content (AvgIpc) is 3.28. The molecular weight excluding hydrogens is 448 g/mol. The first-order valence-corrected chi connectivity index (χ1v) is 14.9. The van der Waals surface area contributed by atoms with Crippen molar-refractivity contribution in [1.82, 2.24) is 0 Å². The highest BCUT2D eigenvalue weighted by atomic mass is 16.1. The SMILES string of the molecule is C[C@@H](CC=C(c1ccccc1)c1ccccc1)[C@H]1CC[C@H]2[C@@H]3CCC4=CC(=O)CC[C@]4(C)[C@H]3CC[C@]12C. The molecule has 37 heavy (non-hydrogen) atoms. The first-order chi connectivity index (χ1) is 17.9. The molecule has 1 heteroatoms. The number of hydrogen-bond donors (Lipinski definition) is 0. The van der Waals surface area contributed by atoms with Gasteiger partial charge in [-0.1, -0.05) is 93.1 Å². The van der Waals surface area contributed by atoms with Gasteiger partial charge in [0.15, 0.2) is 5.78 Å². The topological polar surface area (TPSA) is 17.1 Å². The summed E-state index contributed by atoms with van der Waals surface area (Å²) in [6.07, 6.45) is 15.6. The van der Waals surface area contributed by atoms with E-state index in [4.69, 9.17) is 0 Å². The number of fused-ring (bicyclic) bond motifs is 5. The largest absolute Gasteiger partial charge is 0.295 e. The first kappa shape index (κ1) is 24.9. The van der Waals surface area contributed by atoms with Gasteiger partial charge < -0.3 is 0 Å². The second-order valence-corrected chi connectivity index (χ2v) is 13.3. The van der Waals surface area contributed by atoms with Gasteiger partial charge in [-0.05, 0) is 115 Å². The van der Waals surface area contributed by atoms with Crippen LogP contribution in [0.1, 0.15) is 89.7 Å². The van der Waals surface area contributed by atoms with Crippen molar-refractivity contribution in [2.45, 2.75) is 78.6 Å². The zero-order valence-electron chi connectivity index (χ0n) is 23.1. The Kier molecular flexibility index (Phi) is 6.54. The van der Waals surface area contributed by atoms with Crippen molar-refractivity contribution in [2.75, 3.05) is 0 Å². The standard InChI is InChI=1S/C36H44O/c1-25(14-16-30(26-10-6-4-7-11-26)27-12-8-5-9-13-27)32-18-19-33-31-17-15-28-24-29(37)20-22-35(28,2)34(31)21-23-36(32,33)3/h4-13,16,24-25,31-34H,14-15,17-23H2,1-3H3/t25-,31-,32+,33-,34-,35-,36+/m0/s1. The van der Waals surface area contributed by atoms with Crippen LogP contribution in [0.2, 0.25) is 0 Å². The van der Waals surface area contributed by atoms with Crippen LogP contribution in [0.25, 0.3) is 5.57 Å². The summed E-state index contributed by atoms with van der Waals surface area (Å²) in [6, 6.07) is 21.9. The highest BCUT2D eigenvalue weighted by molar-refractivity contribution is 5.91. The zero-order valence-corrected chi connectivity index (χ0v) is 23.1. The Hall–Kier alpha value is -2.41. The molecule has 0 N–H and O–H groups in total. The number of ketones is 1. The second kappa shape index (κ2) is 9.72. The van der Waals surface area contributed by atoms with Crippen LogP contribution in [0.15, 0.2) is 78.4 Å². The third-order valence-corrected chi connectivity index (χ3v) is 11.6. The summed E-state index contributed by atoms with van der Waals surface area (Å²) in [4.78, 5) is 12.2. The van der Waals surface area contributed by atoms with E-state index in [2.05, 4.69) is 93.6 Å². The summed E-state index contributed by atoms with van der Waals surface area (Å²) in [5, 5.41) is 0. The molecule has 0 heterocycles. The van der Waals surface area contributed by atoms with Crippen LogP contribution in [-0.4, -0.2) is 5.78 Å². The van der Waals surface area contributed by atoms with Crippen LogP contribution in [0.4, 0.5) is 0 Å². The Morgan fingerprint density at radius 2 is 1.54 bits per heavy atom. The lowest BCUT2D eigenvalue weighted by Gasteiger charge is -2.58. The fraction of sp³-hybridized carbons (Fsp3) is 0.528. The van der Waals surface area contributed by atoms with Crippen molar-refractivity contribution in [1.29, 1.82) is 0 Å². The van der Waals surface area contributed by atoms with Gasteiger partial charge in [0.2, 0.25) is 0 Å². The van der Waals surface area contributed by atoms with Gasteiger partial charge in [0.05, 0.1) is 0 Å². The molecule has 0 bridgehead atoms. The van der Waals surface area contributed by atoms with Crippen LogP contribution in [0, 0.1) is 40.4 Å². The van der Waals surface area contributed by atoms with Crippen LogP contribution < -0.4 is 0 Å². The number of allylic oxidation sites excluding steroid dienone is 2. The fourth-order valence-corrected chi connectivity index (χ4v) is 9.64. The van der Waals surface area contributed by atoms with Crippen molar-refractivity contribution in [2.24, 2.45) is 40.4 Å². The smallest absolute Gasteiger partial charge is 0.155 e. The number of rotatable bonds is 5. The molecule has 0 spiro atoms. The molecule has 0 aromatic heterocycles. The monoisotopic (exact) mass is 492 g/mol. The maximum atomic E-state index is 12.2. The van der Waals surface area contributed by atoms with E-state index in [0.717, 1.165) is 49.4 Å². The van der Waals surface area contributed by atoms with Gasteiger partial charge in [-0.3, -0.25) is 4.79 Å². The minimum absolute atomic E-state index is 0.283. The van der Waals surface area contributed by atoms with Crippen LogP contribution >= 0.6 is 0 Å². The molecule has 0 amide bonds. The molecule has 4 aliphatic rings. The van der Waals surface area contributed by atoms with Crippen LogP contribution in [-0.2, 0) is 4.79 Å². The number of hydrogen-bond acceptors (Lipinski definition) is 1. The van der Waals surface area contributed by atoms with Crippen molar-refractivity contribution in [3.63, 3.8) is 0 Å². The molecule has 1 nitrogen and oxygen atoms in total.